The Labute approximate surface area is 119 Å². The smallest absolute Gasteiger partial charge is 0.225 e. The molecule has 6 heteroatoms. The van der Waals surface area contributed by atoms with E-state index in [0.717, 1.165) is 25.0 Å². The van der Waals surface area contributed by atoms with Crippen LogP contribution in [0.1, 0.15) is 25.7 Å². The van der Waals surface area contributed by atoms with Gasteiger partial charge < -0.3 is 9.80 Å². The highest BCUT2D eigenvalue weighted by Gasteiger charge is 2.24. The summed E-state index contributed by atoms with van der Waals surface area (Å²) in [6.07, 6.45) is 5.33. The highest BCUT2D eigenvalue weighted by molar-refractivity contribution is 7.71. The number of likely N-dealkylation sites (tertiary alicyclic amines) is 1. The van der Waals surface area contributed by atoms with Gasteiger partial charge in [0.05, 0.1) is 0 Å². The minimum atomic E-state index is 0.703. The molecule has 3 rings (SSSR count). The SMILES string of the molecule is Cn1c(N2CCC(CN3CCCC3)CC2)n[nH]c1=S. The van der Waals surface area contributed by atoms with Crippen molar-refractivity contribution in [3.63, 3.8) is 0 Å². The fraction of sp³-hybridized carbons (Fsp3) is 0.846. The molecule has 1 aromatic heterocycles. The predicted octanol–water partition coefficient (Wildman–Crippen LogP) is 1.79. The molecule has 2 saturated heterocycles. The lowest BCUT2D eigenvalue weighted by Crippen LogP contribution is -2.39. The zero-order chi connectivity index (χ0) is 13.2. The number of aromatic nitrogens is 3. The van der Waals surface area contributed by atoms with Gasteiger partial charge in [-0.1, -0.05) is 0 Å². The molecular formula is C13H23N5S. The summed E-state index contributed by atoms with van der Waals surface area (Å²) in [6.45, 7) is 6.13. The summed E-state index contributed by atoms with van der Waals surface area (Å²) >= 11 is 5.17. The van der Waals surface area contributed by atoms with Gasteiger partial charge in [0.15, 0.2) is 4.77 Å². The van der Waals surface area contributed by atoms with Crippen LogP contribution < -0.4 is 4.90 Å². The quantitative estimate of drug-likeness (QED) is 0.858. The van der Waals surface area contributed by atoms with Crippen LogP contribution in [-0.4, -0.2) is 52.4 Å². The molecule has 0 bridgehead atoms. The summed E-state index contributed by atoms with van der Waals surface area (Å²) in [6, 6.07) is 0. The predicted molar refractivity (Wildman–Crippen MR) is 79.0 cm³/mol. The van der Waals surface area contributed by atoms with Crippen molar-refractivity contribution in [2.75, 3.05) is 37.6 Å². The van der Waals surface area contributed by atoms with Gasteiger partial charge in [-0.05, 0) is 56.9 Å². The average Bonchev–Trinajstić information content (AvgIpc) is 3.03. The molecule has 0 saturated carbocycles. The van der Waals surface area contributed by atoms with E-state index in [9.17, 15) is 0 Å². The van der Waals surface area contributed by atoms with Gasteiger partial charge in [0.25, 0.3) is 0 Å². The highest BCUT2D eigenvalue weighted by atomic mass is 32.1. The van der Waals surface area contributed by atoms with Gasteiger partial charge in [0.1, 0.15) is 0 Å². The van der Waals surface area contributed by atoms with Crippen molar-refractivity contribution in [2.24, 2.45) is 13.0 Å². The average molecular weight is 281 g/mol. The first-order chi connectivity index (χ1) is 9.24. The van der Waals surface area contributed by atoms with E-state index in [-0.39, 0.29) is 0 Å². The van der Waals surface area contributed by atoms with Crippen molar-refractivity contribution < 1.29 is 0 Å². The summed E-state index contributed by atoms with van der Waals surface area (Å²) in [4.78, 5) is 4.99. The maximum atomic E-state index is 5.17. The number of hydrogen-bond acceptors (Lipinski definition) is 4. The lowest BCUT2D eigenvalue weighted by molar-refractivity contribution is 0.248. The minimum absolute atomic E-state index is 0.703. The van der Waals surface area contributed by atoms with Crippen LogP contribution >= 0.6 is 12.2 Å². The molecule has 0 radical (unpaired) electrons. The number of piperidine rings is 1. The summed E-state index contributed by atoms with van der Waals surface area (Å²) in [5.41, 5.74) is 0. The van der Waals surface area contributed by atoms with Crippen molar-refractivity contribution in [1.29, 1.82) is 0 Å². The second-order valence-corrected chi connectivity index (χ2v) is 6.21. The highest BCUT2D eigenvalue weighted by Crippen LogP contribution is 2.23. The van der Waals surface area contributed by atoms with Gasteiger partial charge in [0.2, 0.25) is 5.95 Å². The Morgan fingerprint density at radius 3 is 2.47 bits per heavy atom. The number of nitrogens with zero attached hydrogens (tertiary/aromatic N) is 4. The molecule has 106 valence electrons. The molecule has 19 heavy (non-hydrogen) atoms. The Balaban J connectivity index is 1.54. The molecule has 1 aromatic rings. The van der Waals surface area contributed by atoms with E-state index in [1.807, 2.05) is 11.6 Å². The Morgan fingerprint density at radius 1 is 1.21 bits per heavy atom. The largest absolute Gasteiger partial charge is 0.341 e. The molecule has 0 unspecified atom stereocenters. The van der Waals surface area contributed by atoms with Crippen LogP contribution in [-0.2, 0) is 7.05 Å². The second-order valence-electron chi connectivity index (χ2n) is 5.83. The standard InChI is InChI=1S/C13H23N5S/c1-16-12(14-15-13(16)19)18-8-4-11(5-9-18)10-17-6-2-3-7-17/h11H,2-10H2,1H3,(H,15,19). The minimum Gasteiger partial charge on any atom is -0.341 e. The van der Waals surface area contributed by atoms with Crippen LogP contribution in [0.4, 0.5) is 5.95 Å². The van der Waals surface area contributed by atoms with Crippen LogP contribution in [0.15, 0.2) is 0 Å². The molecule has 2 fully saturated rings. The Hall–Kier alpha value is -0.880. The van der Waals surface area contributed by atoms with E-state index >= 15 is 0 Å². The van der Waals surface area contributed by atoms with Gasteiger partial charge in [-0.2, -0.15) is 0 Å². The number of nitrogens with one attached hydrogen (secondary N) is 1. The van der Waals surface area contributed by atoms with Gasteiger partial charge in [-0.25, -0.2) is 5.10 Å². The molecule has 0 amide bonds. The van der Waals surface area contributed by atoms with Gasteiger partial charge in [0, 0.05) is 26.7 Å². The van der Waals surface area contributed by atoms with Crippen LogP contribution in [0.25, 0.3) is 0 Å². The molecule has 1 N–H and O–H groups in total. The number of hydrogen-bond donors (Lipinski definition) is 1. The number of aromatic amines is 1. The van der Waals surface area contributed by atoms with Crippen molar-refractivity contribution in [2.45, 2.75) is 25.7 Å². The maximum absolute atomic E-state index is 5.17. The summed E-state index contributed by atoms with van der Waals surface area (Å²) < 4.78 is 2.67. The zero-order valence-electron chi connectivity index (χ0n) is 11.6. The topological polar surface area (TPSA) is 40.1 Å². The summed E-state index contributed by atoms with van der Waals surface area (Å²) in [5.74, 6) is 1.85. The van der Waals surface area contributed by atoms with E-state index in [2.05, 4.69) is 20.0 Å². The summed E-state index contributed by atoms with van der Waals surface area (Å²) in [5, 5.41) is 7.20. The molecule has 0 atom stereocenters. The third kappa shape index (κ3) is 2.84. The zero-order valence-corrected chi connectivity index (χ0v) is 12.5. The molecule has 0 aliphatic carbocycles. The van der Waals surface area contributed by atoms with Crippen LogP contribution in [0.2, 0.25) is 0 Å². The van der Waals surface area contributed by atoms with Gasteiger partial charge >= 0.3 is 0 Å². The Bertz CT molecular complexity index is 466. The number of H-pyrrole nitrogens is 1. The number of rotatable bonds is 3. The van der Waals surface area contributed by atoms with Crippen LogP contribution in [0.5, 0.6) is 0 Å². The lowest BCUT2D eigenvalue weighted by atomic mass is 9.96. The first-order valence-electron chi connectivity index (χ1n) is 7.33. The summed E-state index contributed by atoms with van der Waals surface area (Å²) in [7, 11) is 1.98. The normalized spacial score (nSPS) is 22.3. The van der Waals surface area contributed by atoms with E-state index in [0.29, 0.717) is 4.77 Å². The fourth-order valence-electron chi connectivity index (χ4n) is 3.27. The maximum Gasteiger partial charge on any atom is 0.225 e. The third-order valence-electron chi connectivity index (χ3n) is 4.47. The Kier molecular flexibility index (Phi) is 3.88. The van der Waals surface area contributed by atoms with E-state index in [1.165, 1.54) is 45.3 Å². The fourth-order valence-corrected chi connectivity index (χ4v) is 3.39. The van der Waals surface area contributed by atoms with Crippen LogP contribution in [0.3, 0.4) is 0 Å². The molecule has 2 aliphatic heterocycles. The molecule has 0 aromatic carbocycles. The van der Waals surface area contributed by atoms with Crippen molar-refractivity contribution in [3.05, 3.63) is 4.77 Å². The molecule has 3 heterocycles. The lowest BCUT2D eigenvalue weighted by Gasteiger charge is -2.34. The van der Waals surface area contributed by atoms with E-state index < -0.39 is 0 Å². The molecule has 2 aliphatic rings. The van der Waals surface area contributed by atoms with Crippen molar-refractivity contribution >= 4 is 18.2 Å². The van der Waals surface area contributed by atoms with E-state index in [1.54, 1.807) is 0 Å². The second kappa shape index (κ2) is 5.63. The first-order valence-corrected chi connectivity index (χ1v) is 7.73. The monoisotopic (exact) mass is 281 g/mol. The van der Waals surface area contributed by atoms with Gasteiger partial charge in [-0.3, -0.25) is 4.57 Å². The van der Waals surface area contributed by atoms with Crippen molar-refractivity contribution in [1.82, 2.24) is 19.7 Å². The molecule has 0 spiro atoms. The third-order valence-corrected chi connectivity index (χ3v) is 4.83. The van der Waals surface area contributed by atoms with E-state index in [4.69, 9.17) is 12.2 Å². The number of anilines is 1. The van der Waals surface area contributed by atoms with Gasteiger partial charge in [-0.15, -0.1) is 5.10 Å². The molecular weight excluding hydrogens is 258 g/mol. The van der Waals surface area contributed by atoms with Crippen LogP contribution in [0, 0.1) is 10.7 Å². The molecule has 5 nitrogen and oxygen atoms in total. The first kappa shape index (κ1) is 13.1. The van der Waals surface area contributed by atoms with Crippen molar-refractivity contribution in [3.8, 4) is 0 Å². The Morgan fingerprint density at radius 2 is 1.89 bits per heavy atom.